The Morgan fingerprint density at radius 3 is 2.62 bits per heavy atom. The molecule has 21 heavy (non-hydrogen) atoms. The van der Waals surface area contributed by atoms with Gasteiger partial charge in [-0.15, -0.1) is 0 Å². The zero-order chi connectivity index (χ0) is 15.0. The maximum Gasteiger partial charge on any atom is 0.335 e. The first-order valence-electron chi connectivity index (χ1n) is 6.50. The quantitative estimate of drug-likeness (QED) is 0.926. The van der Waals surface area contributed by atoms with Crippen LogP contribution >= 0.6 is 11.6 Å². The van der Waals surface area contributed by atoms with Gasteiger partial charge in [-0.3, -0.25) is 4.79 Å². The minimum atomic E-state index is -1.00. The molecule has 2 aromatic carbocycles. The van der Waals surface area contributed by atoms with Gasteiger partial charge in [-0.25, -0.2) is 4.79 Å². The van der Waals surface area contributed by atoms with Crippen LogP contribution in [0.25, 0.3) is 0 Å². The number of carbonyl (C=O) groups excluding carboxylic acids is 1. The number of carboxylic acid groups (broad SMARTS) is 1. The number of hydrogen-bond donors (Lipinski definition) is 1. The maximum absolute atomic E-state index is 12.6. The van der Waals surface area contributed by atoms with Crippen LogP contribution in [-0.4, -0.2) is 23.5 Å². The van der Waals surface area contributed by atoms with E-state index in [2.05, 4.69) is 0 Å². The number of hydrogen-bond acceptors (Lipinski definition) is 2. The van der Waals surface area contributed by atoms with E-state index >= 15 is 0 Å². The SMILES string of the molecule is O=C(O)c1ccc2c(c1)N(C(=O)c1cccc(Cl)c1)CC2. The highest BCUT2D eigenvalue weighted by Crippen LogP contribution is 2.30. The van der Waals surface area contributed by atoms with Crippen molar-refractivity contribution in [1.29, 1.82) is 0 Å². The molecule has 1 N–H and O–H groups in total. The van der Waals surface area contributed by atoms with Gasteiger partial charge < -0.3 is 10.0 Å². The number of rotatable bonds is 2. The predicted molar refractivity (Wildman–Crippen MR) is 80.2 cm³/mol. The van der Waals surface area contributed by atoms with Gasteiger partial charge in [0, 0.05) is 22.8 Å². The lowest BCUT2D eigenvalue weighted by Gasteiger charge is -2.18. The second kappa shape index (κ2) is 5.22. The standard InChI is InChI=1S/C16H12ClNO3/c17-13-3-1-2-11(8-13)15(19)18-7-6-10-4-5-12(16(20)21)9-14(10)18/h1-5,8-9H,6-7H2,(H,20,21). The molecule has 106 valence electrons. The summed E-state index contributed by atoms with van der Waals surface area (Å²) in [5.41, 5.74) is 2.32. The molecule has 0 aliphatic carbocycles. The topological polar surface area (TPSA) is 57.6 Å². The van der Waals surface area contributed by atoms with E-state index in [1.54, 1.807) is 47.4 Å². The summed E-state index contributed by atoms with van der Waals surface area (Å²) in [5.74, 6) is -1.17. The number of carboxylic acids is 1. The van der Waals surface area contributed by atoms with Crippen molar-refractivity contribution >= 4 is 29.2 Å². The summed E-state index contributed by atoms with van der Waals surface area (Å²) in [4.78, 5) is 25.2. The minimum absolute atomic E-state index is 0.168. The zero-order valence-corrected chi connectivity index (χ0v) is 11.8. The molecule has 0 atom stereocenters. The Bertz CT molecular complexity index is 742. The third-order valence-corrected chi connectivity index (χ3v) is 3.78. The van der Waals surface area contributed by atoms with Crippen molar-refractivity contribution in [1.82, 2.24) is 0 Å². The molecule has 0 bridgehead atoms. The number of anilines is 1. The van der Waals surface area contributed by atoms with E-state index < -0.39 is 5.97 Å². The molecule has 0 saturated carbocycles. The van der Waals surface area contributed by atoms with Crippen LogP contribution < -0.4 is 4.90 Å². The first-order valence-corrected chi connectivity index (χ1v) is 6.88. The van der Waals surface area contributed by atoms with Crippen molar-refractivity contribution in [2.75, 3.05) is 11.4 Å². The molecule has 2 aromatic rings. The summed E-state index contributed by atoms with van der Waals surface area (Å²) in [5, 5.41) is 9.57. The molecule has 1 amide bonds. The van der Waals surface area contributed by atoms with Crippen LogP contribution in [-0.2, 0) is 6.42 Å². The number of nitrogens with zero attached hydrogens (tertiary/aromatic N) is 1. The van der Waals surface area contributed by atoms with Crippen molar-refractivity contribution in [3.63, 3.8) is 0 Å². The molecule has 0 radical (unpaired) electrons. The summed E-state index contributed by atoms with van der Waals surface area (Å²) in [6.07, 6.45) is 0.724. The molecular formula is C16H12ClNO3. The number of fused-ring (bicyclic) bond motifs is 1. The van der Waals surface area contributed by atoms with Gasteiger partial charge in [-0.2, -0.15) is 0 Å². The van der Waals surface area contributed by atoms with Crippen LogP contribution in [0.3, 0.4) is 0 Å². The molecule has 1 aliphatic rings. The fourth-order valence-corrected chi connectivity index (χ4v) is 2.69. The molecule has 0 spiro atoms. The molecule has 1 heterocycles. The highest BCUT2D eigenvalue weighted by molar-refractivity contribution is 6.31. The average Bonchev–Trinajstić information content (AvgIpc) is 2.89. The molecule has 3 rings (SSSR count). The maximum atomic E-state index is 12.6. The number of benzene rings is 2. The van der Waals surface area contributed by atoms with E-state index in [0.29, 0.717) is 22.8 Å². The summed E-state index contributed by atoms with van der Waals surface area (Å²) >= 11 is 5.91. The smallest absolute Gasteiger partial charge is 0.335 e. The molecule has 0 unspecified atom stereocenters. The van der Waals surface area contributed by atoms with Crippen molar-refractivity contribution in [2.45, 2.75) is 6.42 Å². The number of amides is 1. The van der Waals surface area contributed by atoms with Crippen molar-refractivity contribution in [3.05, 3.63) is 64.2 Å². The van der Waals surface area contributed by atoms with Crippen LogP contribution in [0.15, 0.2) is 42.5 Å². The van der Waals surface area contributed by atoms with E-state index in [0.717, 1.165) is 12.0 Å². The van der Waals surface area contributed by atoms with Crippen molar-refractivity contribution < 1.29 is 14.7 Å². The van der Waals surface area contributed by atoms with E-state index in [-0.39, 0.29) is 11.5 Å². The Kier molecular flexibility index (Phi) is 3.39. The fourth-order valence-electron chi connectivity index (χ4n) is 2.50. The van der Waals surface area contributed by atoms with Gasteiger partial charge in [-0.05, 0) is 42.3 Å². The third kappa shape index (κ3) is 2.50. The van der Waals surface area contributed by atoms with E-state index in [9.17, 15) is 9.59 Å². The van der Waals surface area contributed by atoms with Gasteiger partial charge in [0.15, 0.2) is 0 Å². The van der Waals surface area contributed by atoms with Gasteiger partial charge in [0.1, 0.15) is 0 Å². The van der Waals surface area contributed by atoms with Crippen LogP contribution in [0.2, 0.25) is 5.02 Å². The van der Waals surface area contributed by atoms with Crippen LogP contribution in [0.4, 0.5) is 5.69 Å². The van der Waals surface area contributed by atoms with Gasteiger partial charge >= 0.3 is 5.97 Å². The summed E-state index contributed by atoms with van der Waals surface area (Å²) in [7, 11) is 0. The van der Waals surface area contributed by atoms with Gasteiger partial charge in [0.25, 0.3) is 5.91 Å². The van der Waals surface area contributed by atoms with E-state index in [1.807, 2.05) is 0 Å². The first kappa shape index (κ1) is 13.6. The van der Waals surface area contributed by atoms with E-state index in [1.165, 1.54) is 0 Å². The predicted octanol–water partition coefficient (Wildman–Crippen LogP) is 3.24. The highest BCUT2D eigenvalue weighted by atomic mass is 35.5. The molecule has 1 aliphatic heterocycles. The second-order valence-electron chi connectivity index (χ2n) is 4.87. The fraction of sp³-hybridized carbons (Fsp3) is 0.125. The number of halogens is 1. The van der Waals surface area contributed by atoms with Gasteiger partial charge in [-0.1, -0.05) is 23.7 Å². The lowest BCUT2D eigenvalue weighted by molar-refractivity contribution is 0.0696. The van der Waals surface area contributed by atoms with Crippen molar-refractivity contribution in [2.24, 2.45) is 0 Å². The molecule has 4 nitrogen and oxygen atoms in total. The Morgan fingerprint density at radius 2 is 1.90 bits per heavy atom. The van der Waals surface area contributed by atoms with Crippen molar-refractivity contribution in [3.8, 4) is 0 Å². The van der Waals surface area contributed by atoms with Crippen LogP contribution in [0.5, 0.6) is 0 Å². The Hall–Kier alpha value is -2.33. The molecule has 0 saturated heterocycles. The molecule has 0 fully saturated rings. The average molecular weight is 302 g/mol. The largest absolute Gasteiger partial charge is 0.478 e. The first-order chi connectivity index (χ1) is 10.1. The molecule has 5 heteroatoms. The lowest BCUT2D eigenvalue weighted by atomic mass is 10.1. The van der Waals surface area contributed by atoms with Crippen LogP contribution in [0, 0.1) is 0 Å². The molecule has 0 aromatic heterocycles. The number of carbonyl (C=O) groups is 2. The normalized spacial score (nSPS) is 13.1. The summed E-state index contributed by atoms with van der Waals surface area (Å²) < 4.78 is 0. The highest BCUT2D eigenvalue weighted by Gasteiger charge is 2.26. The summed E-state index contributed by atoms with van der Waals surface area (Å²) in [6.45, 7) is 0.545. The Labute approximate surface area is 126 Å². The molecular weight excluding hydrogens is 290 g/mol. The zero-order valence-electron chi connectivity index (χ0n) is 11.0. The lowest BCUT2D eigenvalue weighted by Crippen LogP contribution is -2.29. The van der Waals surface area contributed by atoms with Gasteiger partial charge in [0.05, 0.1) is 5.56 Å². The van der Waals surface area contributed by atoms with Gasteiger partial charge in [0.2, 0.25) is 0 Å². The Morgan fingerprint density at radius 1 is 1.10 bits per heavy atom. The van der Waals surface area contributed by atoms with Crippen LogP contribution in [0.1, 0.15) is 26.3 Å². The van der Waals surface area contributed by atoms with E-state index in [4.69, 9.17) is 16.7 Å². The Balaban J connectivity index is 1.98. The second-order valence-corrected chi connectivity index (χ2v) is 5.30. The number of aromatic carboxylic acids is 1. The minimum Gasteiger partial charge on any atom is -0.478 e. The summed E-state index contributed by atoms with van der Waals surface area (Å²) in [6, 6.07) is 11.6. The monoisotopic (exact) mass is 301 g/mol. The third-order valence-electron chi connectivity index (χ3n) is 3.54.